The maximum atomic E-state index is 11.1. The number of nitrogens with zero attached hydrogens (tertiary/aromatic N) is 1. The van der Waals surface area contributed by atoms with Gasteiger partial charge < -0.3 is 11.1 Å². The third-order valence-corrected chi connectivity index (χ3v) is 4.05. The molecular formula is C13H18BrN3O. The number of hydrogen-bond acceptors (Lipinski definition) is 3. The number of nitrogens with one attached hydrogen (secondary N) is 1. The fourth-order valence-corrected chi connectivity index (χ4v) is 2.93. The van der Waals surface area contributed by atoms with Crippen LogP contribution in [-0.2, 0) is 4.79 Å². The molecule has 1 fully saturated rings. The Balaban J connectivity index is 1.93. The van der Waals surface area contributed by atoms with Gasteiger partial charge in [0.25, 0.3) is 0 Å². The van der Waals surface area contributed by atoms with Crippen LogP contribution in [0.1, 0.15) is 31.2 Å². The Bertz CT molecular complexity index is 442. The van der Waals surface area contributed by atoms with Crippen molar-refractivity contribution in [3.63, 3.8) is 0 Å². The van der Waals surface area contributed by atoms with Crippen LogP contribution in [0.4, 0.5) is 5.82 Å². The number of nitrogens with two attached hydrogens (primary N) is 1. The van der Waals surface area contributed by atoms with Gasteiger partial charge in [-0.25, -0.2) is 4.98 Å². The third kappa shape index (κ3) is 3.22. The van der Waals surface area contributed by atoms with Crippen LogP contribution in [0.3, 0.4) is 0 Å². The number of pyridine rings is 1. The minimum Gasteiger partial charge on any atom is -0.369 e. The molecule has 0 saturated heterocycles. The number of carbonyl (C=O) groups excluding carboxylic acids is 1. The number of rotatable bonds is 3. The molecule has 0 radical (unpaired) electrons. The summed E-state index contributed by atoms with van der Waals surface area (Å²) in [6, 6.07) is 2.43. The second-order valence-electron chi connectivity index (χ2n) is 4.94. The first-order valence-corrected chi connectivity index (χ1v) is 7.03. The van der Waals surface area contributed by atoms with Crippen LogP contribution in [0.2, 0.25) is 0 Å². The van der Waals surface area contributed by atoms with Crippen molar-refractivity contribution in [2.45, 2.75) is 38.6 Å². The van der Waals surface area contributed by atoms with E-state index in [2.05, 4.69) is 26.2 Å². The first-order valence-electron chi connectivity index (χ1n) is 6.24. The quantitative estimate of drug-likeness (QED) is 0.901. The van der Waals surface area contributed by atoms with Gasteiger partial charge in [0.1, 0.15) is 5.82 Å². The monoisotopic (exact) mass is 311 g/mol. The Morgan fingerprint density at radius 2 is 2.11 bits per heavy atom. The van der Waals surface area contributed by atoms with E-state index in [0.29, 0.717) is 6.04 Å². The van der Waals surface area contributed by atoms with E-state index in [4.69, 9.17) is 5.73 Å². The molecule has 4 nitrogen and oxygen atoms in total. The molecule has 98 valence electrons. The fraction of sp³-hybridized carbons (Fsp3) is 0.538. The molecule has 1 saturated carbocycles. The van der Waals surface area contributed by atoms with Gasteiger partial charge in [0.2, 0.25) is 5.91 Å². The molecule has 0 bridgehead atoms. The summed E-state index contributed by atoms with van der Waals surface area (Å²) in [4.78, 5) is 15.5. The van der Waals surface area contributed by atoms with Gasteiger partial charge in [-0.1, -0.05) is 0 Å². The van der Waals surface area contributed by atoms with Crippen molar-refractivity contribution < 1.29 is 4.79 Å². The zero-order valence-corrected chi connectivity index (χ0v) is 12.0. The van der Waals surface area contributed by atoms with Gasteiger partial charge in [0, 0.05) is 18.2 Å². The summed E-state index contributed by atoms with van der Waals surface area (Å²) < 4.78 is 0.986. The van der Waals surface area contributed by atoms with E-state index in [1.54, 1.807) is 0 Å². The van der Waals surface area contributed by atoms with E-state index >= 15 is 0 Å². The molecule has 1 aliphatic rings. The molecule has 0 aromatic carbocycles. The van der Waals surface area contributed by atoms with Crippen molar-refractivity contribution >= 4 is 27.7 Å². The number of primary amides is 1. The number of halogens is 1. The highest BCUT2D eigenvalue weighted by atomic mass is 79.9. The maximum absolute atomic E-state index is 11.1. The van der Waals surface area contributed by atoms with Crippen molar-refractivity contribution in [1.82, 2.24) is 4.98 Å². The van der Waals surface area contributed by atoms with Crippen LogP contribution in [0.25, 0.3) is 0 Å². The van der Waals surface area contributed by atoms with Gasteiger partial charge in [0.15, 0.2) is 0 Å². The van der Waals surface area contributed by atoms with E-state index in [0.717, 1.165) is 41.5 Å². The molecular weight excluding hydrogens is 294 g/mol. The highest BCUT2D eigenvalue weighted by molar-refractivity contribution is 9.10. The van der Waals surface area contributed by atoms with Gasteiger partial charge in [-0.3, -0.25) is 4.79 Å². The summed E-state index contributed by atoms with van der Waals surface area (Å²) in [6.45, 7) is 2.01. The molecule has 3 N–H and O–H groups in total. The van der Waals surface area contributed by atoms with E-state index in [1.165, 1.54) is 0 Å². The molecule has 0 unspecified atom stereocenters. The smallest absolute Gasteiger partial charge is 0.220 e. The van der Waals surface area contributed by atoms with Crippen LogP contribution in [-0.4, -0.2) is 16.9 Å². The lowest BCUT2D eigenvalue weighted by Crippen LogP contribution is -2.32. The predicted octanol–water partition coefficient (Wildman–Crippen LogP) is 2.61. The van der Waals surface area contributed by atoms with E-state index in [1.807, 2.05) is 19.2 Å². The lowest BCUT2D eigenvalue weighted by atomic mass is 9.85. The minimum atomic E-state index is -0.164. The Morgan fingerprint density at radius 3 is 2.67 bits per heavy atom. The second kappa shape index (κ2) is 5.69. The van der Waals surface area contributed by atoms with E-state index in [9.17, 15) is 4.79 Å². The van der Waals surface area contributed by atoms with Gasteiger partial charge in [-0.05, 0) is 60.2 Å². The number of aryl methyl sites for hydroxylation is 1. The van der Waals surface area contributed by atoms with Crippen LogP contribution in [0.5, 0.6) is 0 Å². The van der Waals surface area contributed by atoms with Crippen LogP contribution in [0, 0.1) is 12.8 Å². The molecule has 1 heterocycles. The van der Waals surface area contributed by atoms with Crippen molar-refractivity contribution in [3.8, 4) is 0 Å². The third-order valence-electron chi connectivity index (χ3n) is 3.45. The number of carbonyl (C=O) groups is 1. The average Bonchev–Trinajstić information content (AvgIpc) is 2.33. The first kappa shape index (κ1) is 13.3. The standard InChI is InChI=1S/C13H18BrN3O/c1-8-6-11(14)13(16-7-8)17-10-4-2-9(3-5-10)12(15)18/h6-7,9-10H,2-5H2,1H3,(H2,15,18)(H,16,17). The highest BCUT2D eigenvalue weighted by Crippen LogP contribution is 2.28. The minimum absolute atomic E-state index is 0.0532. The molecule has 18 heavy (non-hydrogen) atoms. The van der Waals surface area contributed by atoms with E-state index in [-0.39, 0.29) is 11.8 Å². The Labute approximate surface area is 115 Å². The summed E-state index contributed by atoms with van der Waals surface area (Å²) in [7, 11) is 0. The Morgan fingerprint density at radius 1 is 1.44 bits per heavy atom. The molecule has 1 aliphatic carbocycles. The molecule has 1 aromatic rings. The summed E-state index contributed by atoms with van der Waals surface area (Å²) in [6.07, 6.45) is 5.53. The number of amides is 1. The Kier molecular flexibility index (Phi) is 4.22. The van der Waals surface area contributed by atoms with Crippen LogP contribution in [0.15, 0.2) is 16.7 Å². The number of aromatic nitrogens is 1. The fourth-order valence-electron chi connectivity index (χ4n) is 2.36. The first-order chi connectivity index (χ1) is 8.56. The zero-order valence-electron chi connectivity index (χ0n) is 10.4. The predicted molar refractivity (Wildman–Crippen MR) is 75.2 cm³/mol. The normalized spacial score (nSPS) is 23.7. The molecule has 2 rings (SSSR count). The molecule has 5 heteroatoms. The second-order valence-corrected chi connectivity index (χ2v) is 5.79. The largest absolute Gasteiger partial charge is 0.369 e. The van der Waals surface area contributed by atoms with Crippen molar-refractivity contribution in [2.24, 2.45) is 11.7 Å². The molecule has 0 aliphatic heterocycles. The average molecular weight is 312 g/mol. The molecule has 0 spiro atoms. The number of hydrogen-bond donors (Lipinski definition) is 2. The van der Waals surface area contributed by atoms with Crippen LogP contribution >= 0.6 is 15.9 Å². The topological polar surface area (TPSA) is 68.0 Å². The zero-order chi connectivity index (χ0) is 13.1. The van der Waals surface area contributed by atoms with Gasteiger partial charge in [-0.2, -0.15) is 0 Å². The highest BCUT2D eigenvalue weighted by Gasteiger charge is 2.24. The summed E-state index contributed by atoms with van der Waals surface area (Å²) in [5, 5.41) is 3.43. The molecule has 1 aromatic heterocycles. The lowest BCUT2D eigenvalue weighted by Gasteiger charge is -2.28. The maximum Gasteiger partial charge on any atom is 0.220 e. The van der Waals surface area contributed by atoms with Crippen LogP contribution < -0.4 is 11.1 Å². The summed E-state index contributed by atoms with van der Waals surface area (Å²) >= 11 is 3.51. The van der Waals surface area contributed by atoms with Crippen molar-refractivity contribution in [1.29, 1.82) is 0 Å². The SMILES string of the molecule is Cc1cnc(NC2CCC(C(N)=O)CC2)c(Br)c1. The van der Waals surface area contributed by atoms with Gasteiger partial charge in [0.05, 0.1) is 4.47 Å². The Hall–Kier alpha value is -1.10. The molecule has 1 amide bonds. The van der Waals surface area contributed by atoms with Crippen molar-refractivity contribution in [3.05, 3.63) is 22.3 Å². The molecule has 0 atom stereocenters. The number of anilines is 1. The van der Waals surface area contributed by atoms with E-state index < -0.39 is 0 Å². The van der Waals surface area contributed by atoms with Crippen molar-refractivity contribution in [2.75, 3.05) is 5.32 Å². The summed E-state index contributed by atoms with van der Waals surface area (Å²) in [5.41, 5.74) is 6.46. The summed E-state index contributed by atoms with van der Waals surface area (Å²) in [5.74, 6) is 0.767. The lowest BCUT2D eigenvalue weighted by molar-refractivity contribution is -0.122. The van der Waals surface area contributed by atoms with Gasteiger partial charge in [-0.15, -0.1) is 0 Å². The van der Waals surface area contributed by atoms with Gasteiger partial charge >= 0.3 is 0 Å².